The minimum absolute atomic E-state index is 0.142. The molecule has 1 aliphatic heterocycles. The van der Waals surface area contributed by atoms with Gasteiger partial charge < -0.3 is 5.32 Å². The van der Waals surface area contributed by atoms with Crippen LogP contribution in [-0.4, -0.2) is 33.9 Å². The van der Waals surface area contributed by atoms with Gasteiger partial charge >= 0.3 is 0 Å². The van der Waals surface area contributed by atoms with E-state index in [0.717, 1.165) is 38.2 Å². The van der Waals surface area contributed by atoms with Crippen molar-refractivity contribution in [1.29, 1.82) is 0 Å². The van der Waals surface area contributed by atoms with Crippen LogP contribution >= 0.6 is 0 Å². The van der Waals surface area contributed by atoms with Crippen LogP contribution in [0.15, 0.2) is 48.7 Å². The van der Waals surface area contributed by atoms with Gasteiger partial charge in [-0.25, -0.2) is 0 Å². The first-order valence-corrected chi connectivity index (χ1v) is 7.84. The number of nitro benzene ring substituents is 1. The van der Waals surface area contributed by atoms with Crippen LogP contribution in [0.1, 0.15) is 18.5 Å². The standard InChI is InChI=1S/C17H20N4O2/c22-21(23)17-7-2-1-6-16(17)19-14-8-11-20(12-9-14)13-15-5-3-4-10-18-15/h1-7,10,14,19H,8-9,11-13H2. The van der Waals surface area contributed by atoms with E-state index in [1.807, 2.05) is 30.5 Å². The molecule has 0 unspecified atom stereocenters. The number of pyridine rings is 1. The Morgan fingerprint density at radius 1 is 1.17 bits per heavy atom. The average Bonchev–Trinajstić information content (AvgIpc) is 2.58. The van der Waals surface area contributed by atoms with Gasteiger partial charge in [-0.05, 0) is 31.0 Å². The molecule has 0 spiro atoms. The van der Waals surface area contributed by atoms with E-state index in [4.69, 9.17) is 0 Å². The van der Waals surface area contributed by atoms with Gasteiger partial charge in [0.15, 0.2) is 0 Å². The van der Waals surface area contributed by atoms with Gasteiger partial charge in [-0.1, -0.05) is 18.2 Å². The van der Waals surface area contributed by atoms with E-state index >= 15 is 0 Å². The van der Waals surface area contributed by atoms with Crippen LogP contribution in [0, 0.1) is 10.1 Å². The van der Waals surface area contributed by atoms with Gasteiger partial charge in [0.25, 0.3) is 5.69 Å². The van der Waals surface area contributed by atoms with Gasteiger partial charge in [0, 0.05) is 37.9 Å². The third-order valence-electron chi connectivity index (χ3n) is 4.16. The Balaban J connectivity index is 1.54. The summed E-state index contributed by atoms with van der Waals surface area (Å²) in [5.41, 5.74) is 1.83. The maximum absolute atomic E-state index is 11.1. The molecule has 6 nitrogen and oxygen atoms in total. The molecule has 1 saturated heterocycles. The Morgan fingerprint density at radius 2 is 1.91 bits per heavy atom. The number of hydrogen-bond acceptors (Lipinski definition) is 5. The van der Waals surface area contributed by atoms with Gasteiger partial charge in [-0.15, -0.1) is 0 Å². The SMILES string of the molecule is O=[N+]([O-])c1ccccc1NC1CCN(Cc2ccccn2)CC1. The van der Waals surface area contributed by atoms with Crippen LogP contribution in [0.25, 0.3) is 0 Å². The Bertz CT molecular complexity index is 655. The summed E-state index contributed by atoms with van der Waals surface area (Å²) in [4.78, 5) is 17.5. The molecule has 1 aromatic carbocycles. The number of hydrogen-bond donors (Lipinski definition) is 1. The number of nitrogens with one attached hydrogen (secondary N) is 1. The average molecular weight is 312 g/mol. The van der Waals surface area contributed by atoms with Crippen molar-refractivity contribution >= 4 is 11.4 Å². The number of piperidine rings is 1. The molecule has 1 aromatic heterocycles. The van der Waals surface area contributed by atoms with E-state index in [9.17, 15) is 10.1 Å². The molecule has 2 aromatic rings. The highest BCUT2D eigenvalue weighted by Gasteiger charge is 2.22. The summed E-state index contributed by atoms with van der Waals surface area (Å²) in [7, 11) is 0. The third-order valence-corrected chi connectivity index (χ3v) is 4.16. The normalized spacial score (nSPS) is 16.2. The number of nitrogens with zero attached hydrogens (tertiary/aromatic N) is 3. The first-order valence-electron chi connectivity index (χ1n) is 7.84. The molecule has 23 heavy (non-hydrogen) atoms. The number of anilines is 1. The van der Waals surface area contributed by atoms with E-state index in [2.05, 4.69) is 15.2 Å². The Kier molecular flexibility index (Phi) is 4.83. The maximum Gasteiger partial charge on any atom is 0.292 e. The molecular formula is C17H20N4O2. The first-order chi connectivity index (χ1) is 11.2. The largest absolute Gasteiger partial charge is 0.377 e. The molecule has 3 rings (SSSR count). The molecule has 0 radical (unpaired) electrons. The number of likely N-dealkylation sites (tertiary alicyclic amines) is 1. The number of nitro groups is 1. The summed E-state index contributed by atoms with van der Waals surface area (Å²) in [6.45, 7) is 2.79. The lowest BCUT2D eigenvalue weighted by Gasteiger charge is -2.32. The van der Waals surface area contributed by atoms with Crippen LogP contribution in [0.4, 0.5) is 11.4 Å². The molecule has 0 aliphatic carbocycles. The lowest BCUT2D eigenvalue weighted by atomic mass is 10.0. The van der Waals surface area contributed by atoms with E-state index in [1.165, 1.54) is 0 Å². The van der Waals surface area contributed by atoms with Crippen molar-refractivity contribution in [2.24, 2.45) is 0 Å². The highest BCUT2D eigenvalue weighted by Crippen LogP contribution is 2.26. The Hall–Kier alpha value is -2.47. The molecule has 0 atom stereocenters. The first kappa shape index (κ1) is 15.4. The molecule has 1 fully saturated rings. The molecule has 2 heterocycles. The van der Waals surface area contributed by atoms with Crippen molar-refractivity contribution in [3.05, 3.63) is 64.5 Å². The van der Waals surface area contributed by atoms with Crippen LogP contribution < -0.4 is 5.32 Å². The highest BCUT2D eigenvalue weighted by atomic mass is 16.6. The fourth-order valence-corrected chi connectivity index (χ4v) is 2.93. The fraction of sp³-hybridized carbons (Fsp3) is 0.353. The number of para-hydroxylation sites is 2. The zero-order chi connectivity index (χ0) is 16.1. The summed E-state index contributed by atoms with van der Waals surface area (Å²) < 4.78 is 0. The second kappa shape index (κ2) is 7.19. The van der Waals surface area contributed by atoms with E-state index in [-0.39, 0.29) is 16.7 Å². The van der Waals surface area contributed by atoms with Crippen molar-refractivity contribution < 1.29 is 4.92 Å². The molecule has 1 aliphatic rings. The van der Waals surface area contributed by atoms with Crippen molar-refractivity contribution in [3.8, 4) is 0 Å². The van der Waals surface area contributed by atoms with Gasteiger partial charge in [-0.3, -0.25) is 20.0 Å². The quantitative estimate of drug-likeness (QED) is 0.678. The number of rotatable bonds is 5. The van der Waals surface area contributed by atoms with Crippen LogP contribution in [-0.2, 0) is 6.54 Å². The second-order valence-corrected chi connectivity index (χ2v) is 5.79. The predicted molar refractivity (Wildman–Crippen MR) is 89.3 cm³/mol. The van der Waals surface area contributed by atoms with Crippen molar-refractivity contribution in [1.82, 2.24) is 9.88 Å². The van der Waals surface area contributed by atoms with Gasteiger partial charge in [0.2, 0.25) is 0 Å². The van der Waals surface area contributed by atoms with Gasteiger partial charge in [0.05, 0.1) is 10.6 Å². The molecule has 6 heteroatoms. The summed E-state index contributed by atoms with van der Waals surface area (Å²) in [6.07, 6.45) is 3.76. The second-order valence-electron chi connectivity index (χ2n) is 5.79. The van der Waals surface area contributed by atoms with E-state index in [1.54, 1.807) is 18.2 Å². The van der Waals surface area contributed by atoms with Crippen molar-refractivity contribution in [2.45, 2.75) is 25.4 Å². The van der Waals surface area contributed by atoms with Crippen LogP contribution in [0.3, 0.4) is 0 Å². The summed E-state index contributed by atoms with van der Waals surface area (Å²) in [5, 5.41) is 14.4. The molecule has 1 N–H and O–H groups in total. The topological polar surface area (TPSA) is 71.3 Å². The summed E-state index contributed by atoms with van der Waals surface area (Å²) >= 11 is 0. The minimum Gasteiger partial charge on any atom is -0.377 e. The zero-order valence-corrected chi connectivity index (χ0v) is 12.9. The maximum atomic E-state index is 11.1. The lowest BCUT2D eigenvalue weighted by Crippen LogP contribution is -2.38. The Labute approximate surface area is 135 Å². The molecule has 0 amide bonds. The molecular weight excluding hydrogens is 292 g/mol. The molecule has 0 bridgehead atoms. The predicted octanol–water partition coefficient (Wildman–Crippen LogP) is 3.07. The number of aromatic nitrogens is 1. The Morgan fingerprint density at radius 3 is 2.61 bits per heavy atom. The zero-order valence-electron chi connectivity index (χ0n) is 12.9. The third kappa shape index (κ3) is 4.04. The van der Waals surface area contributed by atoms with E-state index < -0.39 is 0 Å². The summed E-state index contributed by atoms with van der Waals surface area (Å²) in [5.74, 6) is 0. The molecule has 120 valence electrons. The molecule has 0 saturated carbocycles. The van der Waals surface area contributed by atoms with Crippen LogP contribution in [0.2, 0.25) is 0 Å². The van der Waals surface area contributed by atoms with Gasteiger partial charge in [0.1, 0.15) is 5.69 Å². The fourth-order valence-electron chi connectivity index (χ4n) is 2.93. The van der Waals surface area contributed by atoms with Crippen LogP contribution in [0.5, 0.6) is 0 Å². The van der Waals surface area contributed by atoms with Crippen molar-refractivity contribution in [3.63, 3.8) is 0 Å². The highest BCUT2D eigenvalue weighted by molar-refractivity contribution is 5.61. The van der Waals surface area contributed by atoms with Gasteiger partial charge in [-0.2, -0.15) is 0 Å². The summed E-state index contributed by atoms with van der Waals surface area (Å²) in [6, 6.07) is 13.1. The van der Waals surface area contributed by atoms with Crippen molar-refractivity contribution in [2.75, 3.05) is 18.4 Å². The monoisotopic (exact) mass is 312 g/mol. The van der Waals surface area contributed by atoms with E-state index in [0.29, 0.717) is 5.69 Å². The minimum atomic E-state index is -0.335. The number of benzene rings is 1. The lowest BCUT2D eigenvalue weighted by molar-refractivity contribution is -0.384. The smallest absolute Gasteiger partial charge is 0.292 e.